The molecule has 0 bridgehead atoms. The van der Waals surface area contributed by atoms with E-state index in [-0.39, 0.29) is 17.2 Å². The summed E-state index contributed by atoms with van der Waals surface area (Å²) in [5.41, 5.74) is 3.91. The average Bonchev–Trinajstić information content (AvgIpc) is 2.87. The van der Waals surface area contributed by atoms with E-state index in [1.165, 1.54) is 18.3 Å². The van der Waals surface area contributed by atoms with Gasteiger partial charge < -0.3 is 19.9 Å². The van der Waals surface area contributed by atoms with Crippen molar-refractivity contribution in [1.82, 2.24) is 10.7 Å². The largest absolute Gasteiger partial charge is 0.504 e. The maximum absolute atomic E-state index is 13.0. The van der Waals surface area contributed by atoms with Gasteiger partial charge in [-0.05, 0) is 61.4 Å². The predicted octanol–water partition coefficient (Wildman–Crippen LogP) is 4.74. The van der Waals surface area contributed by atoms with Gasteiger partial charge in [-0.3, -0.25) is 9.59 Å². The second-order valence-corrected chi connectivity index (χ2v) is 8.82. The van der Waals surface area contributed by atoms with E-state index in [4.69, 9.17) is 32.7 Å². The first-order valence-corrected chi connectivity index (χ1v) is 12.3. The van der Waals surface area contributed by atoms with E-state index in [1.807, 2.05) is 30.3 Å². The Morgan fingerprint density at radius 3 is 2.49 bits per heavy atom. The van der Waals surface area contributed by atoms with Gasteiger partial charge in [-0.2, -0.15) is 5.10 Å². The van der Waals surface area contributed by atoms with Crippen LogP contribution in [-0.2, 0) is 16.0 Å². The second kappa shape index (κ2) is 13.5. The fourth-order valence-electron chi connectivity index (χ4n) is 3.29. The van der Waals surface area contributed by atoms with E-state index in [0.29, 0.717) is 28.7 Å². The molecule has 8 nitrogen and oxygen atoms in total. The van der Waals surface area contributed by atoms with Crippen molar-refractivity contribution in [3.8, 4) is 17.2 Å². The fraction of sp³-hybridized carbons (Fsp3) is 0.222. The van der Waals surface area contributed by atoms with Crippen LogP contribution in [0.3, 0.4) is 0 Å². The van der Waals surface area contributed by atoms with Crippen LogP contribution < -0.4 is 20.2 Å². The van der Waals surface area contributed by atoms with Gasteiger partial charge in [0.2, 0.25) is 0 Å². The lowest BCUT2D eigenvalue weighted by Gasteiger charge is -2.21. The molecule has 0 unspecified atom stereocenters. The molecule has 0 fully saturated rings. The number of aromatic hydroxyl groups is 1. The lowest BCUT2D eigenvalue weighted by molar-refractivity contribution is -0.132. The molecule has 0 aliphatic rings. The summed E-state index contributed by atoms with van der Waals surface area (Å²) in [6.07, 6.45) is 0.702. The van der Waals surface area contributed by atoms with Crippen molar-refractivity contribution in [2.24, 2.45) is 5.10 Å². The highest BCUT2D eigenvalue weighted by atomic mass is 35.5. The molecule has 3 N–H and O–H groups in total. The molecular weight excluding hydrogens is 517 g/mol. The quantitative estimate of drug-likeness (QED) is 0.239. The summed E-state index contributed by atoms with van der Waals surface area (Å²) in [7, 11) is 0. The molecule has 37 heavy (non-hydrogen) atoms. The summed E-state index contributed by atoms with van der Waals surface area (Å²) in [5.74, 6) is -0.422. The fourth-order valence-corrected chi connectivity index (χ4v) is 3.75. The maximum Gasteiger partial charge on any atom is 0.262 e. The minimum atomic E-state index is -0.942. The molecule has 3 rings (SSSR count). The van der Waals surface area contributed by atoms with Crippen LogP contribution in [0.2, 0.25) is 10.0 Å². The summed E-state index contributed by atoms with van der Waals surface area (Å²) >= 11 is 12.1. The SMILES string of the molecule is CCOc1cc(/C=N\NC(=O)[C@H](Cc2ccccc2)NC(=O)[C@@H](C)Oc2ccc(Cl)cc2Cl)ccc1O. The first-order chi connectivity index (χ1) is 17.8. The molecule has 0 aliphatic heterocycles. The minimum absolute atomic E-state index is 0.00454. The van der Waals surface area contributed by atoms with Crippen molar-refractivity contribution in [3.05, 3.63) is 87.9 Å². The second-order valence-electron chi connectivity index (χ2n) is 7.98. The van der Waals surface area contributed by atoms with E-state index < -0.39 is 24.0 Å². The van der Waals surface area contributed by atoms with Crippen molar-refractivity contribution < 1.29 is 24.2 Å². The molecule has 0 saturated heterocycles. The lowest BCUT2D eigenvalue weighted by atomic mass is 10.1. The molecule has 10 heteroatoms. The monoisotopic (exact) mass is 543 g/mol. The van der Waals surface area contributed by atoms with Crippen LogP contribution in [0.4, 0.5) is 0 Å². The number of ether oxygens (including phenoxy) is 2. The average molecular weight is 544 g/mol. The molecule has 2 atom stereocenters. The number of carbonyl (C=O) groups excluding carboxylic acids is 2. The summed E-state index contributed by atoms with van der Waals surface area (Å²) in [4.78, 5) is 25.9. The molecule has 3 aromatic carbocycles. The van der Waals surface area contributed by atoms with Crippen LogP contribution in [0.5, 0.6) is 17.2 Å². The Morgan fingerprint density at radius 2 is 1.78 bits per heavy atom. The third-order valence-corrected chi connectivity index (χ3v) is 5.69. The smallest absolute Gasteiger partial charge is 0.262 e. The minimum Gasteiger partial charge on any atom is -0.504 e. The van der Waals surface area contributed by atoms with Crippen LogP contribution in [0.15, 0.2) is 71.8 Å². The van der Waals surface area contributed by atoms with Crippen molar-refractivity contribution in [2.45, 2.75) is 32.4 Å². The Kier molecular flexibility index (Phi) is 10.2. The number of rotatable bonds is 11. The Bertz CT molecular complexity index is 1250. The molecule has 194 valence electrons. The lowest BCUT2D eigenvalue weighted by Crippen LogP contribution is -2.50. The van der Waals surface area contributed by atoms with Gasteiger partial charge in [0, 0.05) is 11.4 Å². The van der Waals surface area contributed by atoms with E-state index in [0.717, 1.165) is 5.56 Å². The van der Waals surface area contributed by atoms with Crippen LogP contribution in [-0.4, -0.2) is 41.9 Å². The van der Waals surface area contributed by atoms with Gasteiger partial charge in [-0.1, -0.05) is 53.5 Å². The third kappa shape index (κ3) is 8.41. The summed E-state index contributed by atoms with van der Waals surface area (Å²) in [5, 5.41) is 17.3. The molecule has 3 aromatic rings. The summed E-state index contributed by atoms with van der Waals surface area (Å²) in [6, 6.07) is 17.7. The highest BCUT2D eigenvalue weighted by Crippen LogP contribution is 2.28. The number of halogens is 2. The van der Waals surface area contributed by atoms with Gasteiger partial charge in [-0.15, -0.1) is 0 Å². The first kappa shape index (κ1) is 27.8. The number of nitrogens with zero attached hydrogens (tertiary/aromatic N) is 1. The molecule has 0 radical (unpaired) electrons. The van der Waals surface area contributed by atoms with Crippen molar-refractivity contribution >= 4 is 41.2 Å². The maximum atomic E-state index is 13.0. The van der Waals surface area contributed by atoms with Crippen LogP contribution in [0.1, 0.15) is 25.0 Å². The van der Waals surface area contributed by atoms with Gasteiger partial charge in [-0.25, -0.2) is 5.43 Å². The number of hydrogen-bond acceptors (Lipinski definition) is 6. The van der Waals surface area contributed by atoms with Gasteiger partial charge >= 0.3 is 0 Å². The number of phenols is 1. The number of phenolic OH excluding ortho intramolecular Hbond substituents is 1. The van der Waals surface area contributed by atoms with E-state index in [9.17, 15) is 14.7 Å². The molecule has 0 aromatic heterocycles. The molecule has 0 heterocycles. The zero-order valence-electron chi connectivity index (χ0n) is 20.3. The van der Waals surface area contributed by atoms with Gasteiger partial charge in [0.15, 0.2) is 17.6 Å². The Labute approximate surface area is 225 Å². The summed E-state index contributed by atoms with van der Waals surface area (Å²) in [6.45, 7) is 3.74. The van der Waals surface area contributed by atoms with E-state index >= 15 is 0 Å². The Morgan fingerprint density at radius 1 is 1.03 bits per heavy atom. The number of hydrazone groups is 1. The normalized spacial score (nSPS) is 12.5. The van der Waals surface area contributed by atoms with Crippen molar-refractivity contribution in [3.63, 3.8) is 0 Å². The Balaban J connectivity index is 1.69. The zero-order chi connectivity index (χ0) is 26.8. The number of amides is 2. The number of nitrogens with one attached hydrogen (secondary N) is 2. The van der Waals surface area contributed by atoms with E-state index in [2.05, 4.69) is 15.8 Å². The van der Waals surface area contributed by atoms with Crippen LogP contribution >= 0.6 is 23.2 Å². The highest BCUT2D eigenvalue weighted by molar-refractivity contribution is 6.35. The van der Waals surface area contributed by atoms with Crippen LogP contribution in [0, 0.1) is 0 Å². The predicted molar refractivity (Wildman–Crippen MR) is 144 cm³/mol. The zero-order valence-corrected chi connectivity index (χ0v) is 21.8. The standard InChI is InChI=1S/C27H27Cl2N3O5/c1-3-36-25-14-19(9-11-23(25)33)16-30-32-27(35)22(13-18-7-5-4-6-8-18)31-26(34)17(2)37-24-12-10-20(28)15-21(24)29/h4-12,14-17,22,33H,3,13H2,1-2H3,(H,31,34)(H,32,35)/b30-16-/t17-,22+/m1/s1. The molecule has 0 spiro atoms. The highest BCUT2D eigenvalue weighted by Gasteiger charge is 2.25. The number of hydrogen-bond donors (Lipinski definition) is 3. The topological polar surface area (TPSA) is 109 Å². The third-order valence-electron chi connectivity index (χ3n) is 5.15. The van der Waals surface area contributed by atoms with Gasteiger partial charge in [0.05, 0.1) is 17.8 Å². The molecule has 0 saturated carbocycles. The van der Waals surface area contributed by atoms with Gasteiger partial charge in [0.25, 0.3) is 11.8 Å². The number of carbonyl (C=O) groups is 2. The molecule has 0 aliphatic carbocycles. The van der Waals surface area contributed by atoms with Crippen LogP contribution in [0.25, 0.3) is 0 Å². The van der Waals surface area contributed by atoms with Gasteiger partial charge in [0.1, 0.15) is 11.8 Å². The van der Waals surface area contributed by atoms with Crippen molar-refractivity contribution in [1.29, 1.82) is 0 Å². The summed E-state index contributed by atoms with van der Waals surface area (Å²) < 4.78 is 11.0. The van der Waals surface area contributed by atoms with Crippen molar-refractivity contribution in [2.75, 3.05) is 6.61 Å². The number of benzene rings is 3. The molecule has 2 amide bonds. The van der Waals surface area contributed by atoms with E-state index in [1.54, 1.807) is 38.1 Å². The Hall–Kier alpha value is -3.75. The first-order valence-electron chi connectivity index (χ1n) is 11.5. The molecular formula is C27H27Cl2N3O5.